The highest BCUT2D eigenvalue weighted by Crippen LogP contribution is 2.46. The lowest BCUT2D eigenvalue weighted by Gasteiger charge is -2.54. The van der Waals surface area contributed by atoms with Crippen molar-refractivity contribution in [1.29, 1.82) is 0 Å². The summed E-state index contributed by atoms with van der Waals surface area (Å²) < 4.78 is 39.9. The van der Waals surface area contributed by atoms with Crippen molar-refractivity contribution in [2.45, 2.75) is 55.5 Å². The van der Waals surface area contributed by atoms with E-state index in [1.165, 1.54) is 31.9 Å². The van der Waals surface area contributed by atoms with Gasteiger partial charge in [0.15, 0.2) is 11.5 Å². The molecule has 0 saturated carbocycles. The van der Waals surface area contributed by atoms with Gasteiger partial charge < -0.3 is 9.47 Å². The molecule has 164 valence electrons. The van der Waals surface area contributed by atoms with E-state index in [9.17, 15) is 8.42 Å². The van der Waals surface area contributed by atoms with E-state index in [2.05, 4.69) is 11.0 Å². The fourth-order valence-corrected chi connectivity index (χ4v) is 8.05. The standard InChI is InChI=1S/C23H32N2O4S/c1-28-21-9-8-19(14-22(21)29-2)30(26,27)25-11-5-6-16-12-17-13-18(23(16)25)15-24-10-4-3-7-20(17)24/h8-9,12,14,17-18,20,23H,3-7,10-11,13,15H2,1-2H3/t17-,18+,20+,23+/m0/s1. The minimum atomic E-state index is -3.62. The minimum Gasteiger partial charge on any atom is -0.493 e. The predicted octanol–water partition coefficient (Wildman–Crippen LogP) is 3.29. The maximum absolute atomic E-state index is 13.7. The van der Waals surface area contributed by atoms with Crippen LogP contribution in [0.1, 0.15) is 38.5 Å². The molecule has 0 radical (unpaired) electrons. The van der Waals surface area contributed by atoms with Crippen molar-refractivity contribution in [3.63, 3.8) is 0 Å². The zero-order chi connectivity index (χ0) is 20.9. The number of fused-ring (bicyclic) bond motifs is 6. The molecule has 0 aromatic heterocycles. The third kappa shape index (κ3) is 3.26. The Labute approximate surface area is 179 Å². The molecule has 0 unspecified atom stereocenters. The van der Waals surface area contributed by atoms with Gasteiger partial charge in [0.05, 0.1) is 25.2 Å². The van der Waals surface area contributed by atoms with E-state index in [0.717, 1.165) is 32.4 Å². The van der Waals surface area contributed by atoms with Crippen LogP contribution in [0.15, 0.2) is 34.7 Å². The zero-order valence-corrected chi connectivity index (χ0v) is 18.7. The van der Waals surface area contributed by atoms with Gasteiger partial charge in [0.2, 0.25) is 10.0 Å². The van der Waals surface area contributed by atoms with Crippen LogP contribution < -0.4 is 9.47 Å². The first kappa shape index (κ1) is 20.3. The molecule has 3 aliphatic heterocycles. The smallest absolute Gasteiger partial charge is 0.243 e. The van der Waals surface area contributed by atoms with Gasteiger partial charge in [-0.15, -0.1) is 0 Å². The molecule has 0 spiro atoms. The molecule has 0 N–H and O–H groups in total. The number of benzene rings is 1. The van der Waals surface area contributed by atoms with Crippen LogP contribution in [0.5, 0.6) is 11.5 Å². The molecule has 1 aromatic carbocycles. The van der Waals surface area contributed by atoms with E-state index < -0.39 is 10.0 Å². The fraction of sp³-hybridized carbons (Fsp3) is 0.652. The van der Waals surface area contributed by atoms with Crippen molar-refractivity contribution >= 4 is 10.0 Å². The summed E-state index contributed by atoms with van der Waals surface area (Å²) in [5.41, 5.74) is 1.36. The topological polar surface area (TPSA) is 59.1 Å². The summed E-state index contributed by atoms with van der Waals surface area (Å²) in [4.78, 5) is 2.93. The summed E-state index contributed by atoms with van der Waals surface area (Å²) in [6.07, 6.45) is 9.39. The van der Waals surface area contributed by atoms with Gasteiger partial charge in [0, 0.05) is 25.2 Å². The Bertz CT molecular complexity index is 945. The van der Waals surface area contributed by atoms with Gasteiger partial charge >= 0.3 is 0 Å². The summed E-state index contributed by atoms with van der Waals surface area (Å²) in [7, 11) is -0.523. The summed E-state index contributed by atoms with van der Waals surface area (Å²) in [6.45, 7) is 2.78. The molecule has 1 aliphatic carbocycles. The number of rotatable bonds is 4. The Morgan fingerprint density at radius 2 is 1.87 bits per heavy atom. The average Bonchev–Trinajstić information content (AvgIpc) is 2.78. The number of piperidine rings is 3. The van der Waals surface area contributed by atoms with E-state index in [1.54, 1.807) is 29.6 Å². The lowest BCUT2D eigenvalue weighted by molar-refractivity contribution is 0.0149. The molecule has 3 heterocycles. The predicted molar refractivity (Wildman–Crippen MR) is 115 cm³/mol. The summed E-state index contributed by atoms with van der Waals surface area (Å²) in [5, 5.41) is 0. The van der Waals surface area contributed by atoms with Crippen molar-refractivity contribution in [1.82, 2.24) is 9.21 Å². The Morgan fingerprint density at radius 3 is 2.67 bits per heavy atom. The largest absolute Gasteiger partial charge is 0.493 e. The molecule has 4 atom stereocenters. The zero-order valence-electron chi connectivity index (χ0n) is 17.9. The first-order valence-corrected chi connectivity index (χ1v) is 12.7. The van der Waals surface area contributed by atoms with Gasteiger partial charge in [0.1, 0.15) is 0 Å². The number of methoxy groups -OCH3 is 2. The van der Waals surface area contributed by atoms with Crippen molar-refractivity contribution < 1.29 is 17.9 Å². The molecule has 2 bridgehead atoms. The van der Waals surface area contributed by atoms with Gasteiger partial charge in [0.25, 0.3) is 0 Å². The molecule has 6 nitrogen and oxygen atoms in total. The number of sulfonamides is 1. The van der Waals surface area contributed by atoms with Crippen LogP contribution in [-0.4, -0.2) is 63.6 Å². The van der Waals surface area contributed by atoms with Crippen molar-refractivity contribution in [2.75, 3.05) is 33.9 Å². The fourth-order valence-electron chi connectivity index (χ4n) is 6.31. The number of hydrogen-bond donors (Lipinski definition) is 0. The van der Waals surface area contributed by atoms with Crippen LogP contribution in [-0.2, 0) is 10.0 Å². The van der Waals surface area contributed by atoms with Crippen LogP contribution >= 0.6 is 0 Å². The maximum atomic E-state index is 13.7. The third-order valence-electron chi connectivity index (χ3n) is 7.57. The molecular formula is C23H32N2O4S. The number of ether oxygens (including phenoxy) is 2. The van der Waals surface area contributed by atoms with E-state index >= 15 is 0 Å². The van der Waals surface area contributed by atoms with Crippen LogP contribution in [0.2, 0.25) is 0 Å². The third-order valence-corrected chi connectivity index (χ3v) is 9.45. The highest BCUT2D eigenvalue weighted by molar-refractivity contribution is 7.89. The first-order valence-electron chi connectivity index (χ1n) is 11.2. The monoisotopic (exact) mass is 432 g/mol. The van der Waals surface area contributed by atoms with E-state index in [4.69, 9.17) is 9.47 Å². The lowest BCUT2D eigenvalue weighted by Crippen LogP contribution is -2.59. The Kier molecular flexibility index (Phi) is 5.32. The second-order valence-electron chi connectivity index (χ2n) is 9.14. The molecule has 3 saturated heterocycles. The summed E-state index contributed by atoms with van der Waals surface area (Å²) >= 11 is 0. The quantitative estimate of drug-likeness (QED) is 0.684. The van der Waals surface area contributed by atoms with Crippen molar-refractivity contribution in [3.05, 3.63) is 29.8 Å². The Morgan fingerprint density at radius 1 is 1.03 bits per heavy atom. The van der Waals surface area contributed by atoms with E-state index in [1.807, 2.05) is 0 Å². The Balaban J connectivity index is 1.50. The highest BCUT2D eigenvalue weighted by Gasteiger charge is 2.48. The van der Waals surface area contributed by atoms with Gasteiger partial charge in [-0.3, -0.25) is 4.90 Å². The maximum Gasteiger partial charge on any atom is 0.243 e. The van der Waals surface area contributed by atoms with Crippen LogP contribution in [0.3, 0.4) is 0 Å². The molecule has 7 heteroatoms. The minimum absolute atomic E-state index is 0.00373. The number of hydrogen-bond acceptors (Lipinski definition) is 5. The van der Waals surface area contributed by atoms with Crippen LogP contribution in [0, 0.1) is 11.8 Å². The summed E-state index contributed by atoms with van der Waals surface area (Å²) in [5.74, 6) is 1.97. The van der Waals surface area contributed by atoms with Crippen LogP contribution in [0.4, 0.5) is 0 Å². The van der Waals surface area contributed by atoms with E-state index in [0.29, 0.717) is 35.9 Å². The average molecular weight is 433 g/mol. The molecule has 5 rings (SSSR count). The normalized spacial score (nSPS) is 32.0. The summed E-state index contributed by atoms with van der Waals surface area (Å²) in [6, 6.07) is 5.58. The molecule has 30 heavy (non-hydrogen) atoms. The van der Waals surface area contributed by atoms with Gasteiger partial charge in [-0.25, -0.2) is 8.42 Å². The molecular weight excluding hydrogens is 400 g/mol. The first-order chi connectivity index (χ1) is 14.5. The van der Waals surface area contributed by atoms with Crippen molar-refractivity contribution in [2.24, 2.45) is 11.8 Å². The van der Waals surface area contributed by atoms with Crippen LogP contribution in [0.25, 0.3) is 0 Å². The molecule has 0 amide bonds. The molecule has 3 fully saturated rings. The second-order valence-corrected chi connectivity index (χ2v) is 11.0. The van der Waals surface area contributed by atoms with Crippen molar-refractivity contribution in [3.8, 4) is 11.5 Å². The Hall–Kier alpha value is -1.57. The second kappa shape index (κ2) is 7.84. The molecule has 4 aliphatic rings. The highest BCUT2D eigenvalue weighted by atomic mass is 32.2. The van der Waals surface area contributed by atoms with Gasteiger partial charge in [-0.05, 0) is 62.6 Å². The van der Waals surface area contributed by atoms with Gasteiger partial charge in [-0.1, -0.05) is 18.1 Å². The lowest BCUT2D eigenvalue weighted by atomic mass is 9.68. The van der Waals surface area contributed by atoms with Gasteiger partial charge in [-0.2, -0.15) is 4.31 Å². The van der Waals surface area contributed by atoms with E-state index in [-0.39, 0.29) is 10.9 Å². The number of nitrogens with zero attached hydrogens (tertiary/aromatic N) is 2. The molecule has 1 aromatic rings. The SMILES string of the molecule is COc1ccc(S(=O)(=O)N2CCCC3=C[C@H]4C[C@H](CN5CCCC[C@H]45)[C@@H]32)cc1OC.